The first-order valence-electron chi connectivity index (χ1n) is 6.94. The van der Waals surface area contributed by atoms with Crippen LogP contribution < -0.4 is 11.1 Å². The Hall–Kier alpha value is -2.89. The predicted octanol–water partition coefficient (Wildman–Crippen LogP) is 1.87. The lowest BCUT2D eigenvalue weighted by Crippen LogP contribution is -2.32. The molecule has 0 saturated heterocycles. The van der Waals surface area contributed by atoms with Crippen LogP contribution in [-0.2, 0) is 11.3 Å². The molecule has 0 aliphatic heterocycles. The molecule has 0 radical (unpaired) electrons. The summed E-state index contributed by atoms with van der Waals surface area (Å²) in [7, 11) is 0. The molecule has 6 heteroatoms. The van der Waals surface area contributed by atoms with Crippen LogP contribution >= 0.6 is 0 Å². The molecule has 2 aromatic heterocycles. The first kappa shape index (κ1) is 14.1. The summed E-state index contributed by atoms with van der Waals surface area (Å²) in [5.74, 6) is -0.811. The molecular formula is C16H15N3O3. The van der Waals surface area contributed by atoms with E-state index in [4.69, 9.17) is 4.42 Å². The van der Waals surface area contributed by atoms with Crippen LogP contribution in [0.1, 0.15) is 18.7 Å². The van der Waals surface area contributed by atoms with E-state index in [1.54, 1.807) is 30.5 Å². The Morgan fingerprint density at radius 1 is 1.27 bits per heavy atom. The SMILES string of the molecule is CC(NC(=O)Cn1c(=O)oc2ccccc21)c1ccccn1. The van der Waals surface area contributed by atoms with E-state index in [1.807, 2.05) is 25.1 Å². The maximum absolute atomic E-state index is 12.1. The maximum atomic E-state index is 12.1. The number of carbonyl (C=O) groups is 1. The summed E-state index contributed by atoms with van der Waals surface area (Å²) in [5.41, 5.74) is 1.84. The van der Waals surface area contributed by atoms with E-state index < -0.39 is 5.76 Å². The molecule has 1 unspecified atom stereocenters. The van der Waals surface area contributed by atoms with Gasteiger partial charge in [0.2, 0.25) is 5.91 Å². The van der Waals surface area contributed by atoms with E-state index in [-0.39, 0.29) is 18.5 Å². The normalized spacial score (nSPS) is 12.2. The number of hydrogen-bond acceptors (Lipinski definition) is 4. The lowest BCUT2D eigenvalue weighted by Gasteiger charge is -2.13. The Balaban J connectivity index is 1.76. The number of fused-ring (bicyclic) bond motifs is 1. The predicted molar refractivity (Wildman–Crippen MR) is 81.3 cm³/mol. The molecule has 0 aliphatic rings. The van der Waals surface area contributed by atoms with E-state index in [0.29, 0.717) is 11.1 Å². The number of rotatable bonds is 4. The Morgan fingerprint density at radius 3 is 2.82 bits per heavy atom. The van der Waals surface area contributed by atoms with Crippen LogP contribution in [0.5, 0.6) is 0 Å². The summed E-state index contributed by atoms with van der Waals surface area (Å²) < 4.78 is 6.42. The zero-order chi connectivity index (χ0) is 15.5. The molecule has 1 atom stereocenters. The van der Waals surface area contributed by atoms with Gasteiger partial charge in [-0.2, -0.15) is 0 Å². The summed E-state index contributed by atoms with van der Waals surface area (Å²) in [4.78, 5) is 28.2. The van der Waals surface area contributed by atoms with Gasteiger partial charge in [-0.15, -0.1) is 0 Å². The smallest absolute Gasteiger partial charge is 0.408 e. The zero-order valence-electron chi connectivity index (χ0n) is 12.0. The highest BCUT2D eigenvalue weighted by Gasteiger charge is 2.15. The van der Waals surface area contributed by atoms with Crippen molar-refractivity contribution in [3.8, 4) is 0 Å². The van der Waals surface area contributed by atoms with Gasteiger partial charge >= 0.3 is 5.76 Å². The van der Waals surface area contributed by atoms with Gasteiger partial charge in [0.1, 0.15) is 6.54 Å². The highest BCUT2D eigenvalue weighted by atomic mass is 16.4. The third-order valence-corrected chi connectivity index (χ3v) is 3.38. The third kappa shape index (κ3) is 2.76. The molecule has 112 valence electrons. The second-order valence-electron chi connectivity index (χ2n) is 4.97. The summed E-state index contributed by atoms with van der Waals surface area (Å²) >= 11 is 0. The van der Waals surface area contributed by atoms with Crippen molar-refractivity contribution in [2.75, 3.05) is 0 Å². The van der Waals surface area contributed by atoms with Crippen molar-refractivity contribution < 1.29 is 9.21 Å². The molecule has 3 aromatic rings. The van der Waals surface area contributed by atoms with E-state index in [0.717, 1.165) is 5.69 Å². The molecule has 1 N–H and O–H groups in total. The number of benzene rings is 1. The molecule has 1 aromatic carbocycles. The quantitative estimate of drug-likeness (QED) is 0.797. The standard InChI is InChI=1S/C16H15N3O3/c1-11(12-6-4-5-9-17-12)18-15(20)10-19-13-7-2-3-8-14(13)22-16(19)21/h2-9,11H,10H2,1H3,(H,18,20). The minimum Gasteiger partial charge on any atom is -0.408 e. The molecule has 0 spiro atoms. The van der Waals surface area contributed by atoms with Gasteiger partial charge in [-0.3, -0.25) is 14.3 Å². The molecule has 0 saturated carbocycles. The van der Waals surface area contributed by atoms with Gasteiger partial charge in [0, 0.05) is 6.20 Å². The average molecular weight is 297 g/mol. The molecule has 1 amide bonds. The third-order valence-electron chi connectivity index (χ3n) is 3.38. The first-order valence-corrected chi connectivity index (χ1v) is 6.94. The Labute approximate surface area is 126 Å². The monoisotopic (exact) mass is 297 g/mol. The van der Waals surface area contributed by atoms with Crippen molar-refractivity contribution in [1.82, 2.24) is 14.9 Å². The van der Waals surface area contributed by atoms with Crippen LogP contribution in [-0.4, -0.2) is 15.5 Å². The summed E-state index contributed by atoms with van der Waals surface area (Å²) in [6.07, 6.45) is 1.67. The molecule has 0 bridgehead atoms. The van der Waals surface area contributed by atoms with E-state index in [2.05, 4.69) is 10.3 Å². The van der Waals surface area contributed by atoms with Gasteiger partial charge < -0.3 is 9.73 Å². The van der Waals surface area contributed by atoms with Gasteiger partial charge in [0.05, 0.1) is 17.3 Å². The summed E-state index contributed by atoms with van der Waals surface area (Å²) in [5, 5.41) is 2.82. The van der Waals surface area contributed by atoms with Crippen molar-refractivity contribution in [2.45, 2.75) is 19.5 Å². The molecule has 0 fully saturated rings. The van der Waals surface area contributed by atoms with Crippen LogP contribution in [0, 0.1) is 0 Å². The second kappa shape index (κ2) is 5.85. The van der Waals surface area contributed by atoms with Crippen LogP contribution in [0.25, 0.3) is 11.1 Å². The maximum Gasteiger partial charge on any atom is 0.420 e. The lowest BCUT2D eigenvalue weighted by molar-refractivity contribution is -0.122. The number of nitrogens with one attached hydrogen (secondary N) is 1. The molecule has 3 rings (SSSR count). The molecule has 22 heavy (non-hydrogen) atoms. The number of aromatic nitrogens is 2. The van der Waals surface area contributed by atoms with Gasteiger partial charge in [0.15, 0.2) is 5.58 Å². The fourth-order valence-electron chi connectivity index (χ4n) is 2.30. The van der Waals surface area contributed by atoms with E-state index in [9.17, 15) is 9.59 Å². The Morgan fingerprint density at radius 2 is 2.05 bits per heavy atom. The number of amides is 1. The van der Waals surface area contributed by atoms with Gasteiger partial charge in [-0.05, 0) is 31.2 Å². The zero-order valence-corrected chi connectivity index (χ0v) is 12.0. The Bertz CT molecular complexity index is 852. The van der Waals surface area contributed by atoms with Gasteiger partial charge in [0.25, 0.3) is 0 Å². The Kier molecular flexibility index (Phi) is 3.74. The number of para-hydroxylation sites is 2. The number of hydrogen-bond donors (Lipinski definition) is 1. The fraction of sp³-hybridized carbons (Fsp3) is 0.188. The van der Waals surface area contributed by atoms with Gasteiger partial charge in [-0.1, -0.05) is 18.2 Å². The van der Waals surface area contributed by atoms with E-state index >= 15 is 0 Å². The minimum absolute atomic E-state index is 0.0903. The number of nitrogens with zero attached hydrogens (tertiary/aromatic N) is 2. The van der Waals surface area contributed by atoms with Crippen molar-refractivity contribution in [1.29, 1.82) is 0 Å². The molecule has 6 nitrogen and oxygen atoms in total. The van der Waals surface area contributed by atoms with Crippen LogP contribution in [0.4, 0.5) is 0 Å². The average Bonchev–Trinajstić information content (AvgIpc) is 2.84. The van der Waals surface area contributed by atoms with Crippen molar-refractivity contribution in [2.24, 2.45) is 0 Å². The summed E-state index contributed by atoms with van der Waals surface area (Å²) in [6, 6.07) is 12.3. The van der Waals surface area contributed by atoms with Crippen LogP contribution in [0.15, 0.2) is 57.9 Å². The molecule has 0 aliphatic carbocycles. The van der Waals surface area contributed by atoms with Gasteiger partial charge in [-0.25, -0.2) is 4.79 Å². The lowest BCUT2D eigenvalue weighted by atomic mass is 10.2. The summed E-state index contributed by atoms with van der Waals surface area (Å²) in [6.45, 7) is 1.75. The van der Waals surface area contributed by atoms with Crippen molar-refractivity contribution >= 4 is 17.0 Å². The second-order valence-corrected chi connectivity index (χ2v) is 4.97. The fourth-order valence-corrected chi connectivity index (χ4v) is 2.30. The largest absolute Gasteiger partial charge is 0.420 e. The number of pyridine rings is 1. The topological polar surface area (TPSA) is 77.1 Å². The highest BCUT2D eigenvalue weighted by molar-refractivity contribution is 5.79. The first-order chi connectivity index (χ1) is 10.6. The highest BCUT2D eigenvalue weighted by Crippen LogP contribution is 2.12. The number of oxazole rings is 1. The van der Waals surface area contributed by atoms with E-state index in [1.165, 1.54) is 4.57 Å². The van der Waals surface area contributed by atoms with Crippen LogP contribution in [0.2, 0.25) is 0 Å². The minimum atomic E-state index is -0.540. The van der Waals surface area contributed by atoms with Crippen LogP contribution in [0.3, 0.4) is 0 Å². The van der Waals surface area contributed by atoms with Crippen molar-refractivity contribution in [3.05, 3.63) is 64.9 Å². The molecular weight excluding hydrogens is 282 g/mol. The molecule has 2 heterocycles. The van der Waals surface area contributed by atoms with Crippen molar-refractivity contribution in [3.63, 3.8) is 0 Å². The number of carbonyl (C=O) groups excluding carboxylic acids is 1.